The van der Waals surface area contributed by atoms with Crippen molar-refractivity contribution in [2.75, 3.05) is 5.32 Å². The average Bonchev–Trinajstić information content (AvgIpc) is 3.02. The van der Waals surface area contributed by atoms with Crippen molar-refractivity contribution in [2.24, 2.45) is 5.16 Å². The quantitative estimate of drug-likeness (QED) is 0.624. The van der Waals surface area contributed by atoms with Crippen LogP contribution < -0.4 is 5.32 Å². The number of amides is 1. The number of carbonyl (C=O) groups is 2. The van der Waals surface area contributed by atoms with Crippen LogP contribution in [0.5, 0.6) is 0 Å². The number of hydrogen-bond acceptors (Lipinski definition) is 7. The number of rotatable bonds is 4. The van der Waals surface area contributed by atoms with Gasteiger partial charge in [-0.3, -0.25) is 14.6 Å². The lowest BCUT2D eigenvalue weighted by atomic mass is 9.93. The highest BCUT2D eigenvalue weighted by molar-refractivity contribution is 6.49. The Bertz CT molecular complexity index is 1220. The maximum atomic E-state index is 12.5. The van der Waals surface area contributed by atoms with Crippen LogP contribution >= 0.6 is 11.6 Å². The highest BCUT2D eigenvalue weighted by atomic mass is 35.5. The van der Waals surface area contributed by atoms with Gasteiger partial charge in [0.25, 0.3) is 5.91 Å². The number of halogens is 1. The normalized spacial score (nSPS) is 14.7. The summed E-state index contributed by atoms with van der Waals surface area (Å²) in [6.07, 6.45) is 4.47. The van der Waals surface area contributed by atoms with E-state index in [0.717, 1.165) is 11.1 Å². The molecule has 31 heavy (non-hydrogen) atoms. The molecule has 0 saturated carbocycles. The fraction of sp³-hybridized carbons (Fsp3) is 0.182. The van der Waals surface area contributed by atoms with E-state index in [1.807, 2.05) is 25.1 Å². The molecule has 0 bridgehead atoms. The minimum Gasteiger partial charge on any atom is -0.381 e. The first-order valence-electron chi connectivity index (χ1n) is 9.42. The molecule has 1 N–H and O–H groups in total. The standard InChI is InChI=1S/C22H18ClN5O3/c1-12-4-5-13(19-20(29)22(2,3)31-28-19)8-15(12)16-10-26-18(11-25-16)27-21(30)14-6-7-24-17(23)9-14/h4-11H,1-3H3,(H,26,27,30). The molecular weight excluding hydrogens is 418 g/mol. The molecule has 1 amide bonds. The largest absolute Gasteiger partial charge is 0.381 e. The summed E-state index contributed by atoms with van der Waals surface area (Å²) in [6.45, 7) is 5.29. The summed E-state index contributed by atoms with van der Waals surface area (Å²) in [7, 11) is 0. The summed E-state index contributed by atoms with van der Waals surface area (Å²) < 4.78 is 0. The molecule has 2 aromatic heterocycles. The number of pyridine rings is 1. The molecule has 0 unspecified atom stereocenters. The van der Waals surface area contributed by atoms with Crippen LogP contribution in [0.25, 0.3) is 11.3 Å². The van der Waals surface area contributed by atoms with E-state index < -0.39 is 5.60 Å². The van der Waals surface area contributed by atoms with Gasteiger partial charge < -0.3 is 10.2 Å². The molecule has 0 atom stereocenters. The van der Waals surface area contributed by atoms with Crippen molar-refractivity contribution in [3.05, 3.63) is 70.8 Å². The minimum atomic E-state index is -0.973. The molecule has 1 aromatic carbocycles. The zero-order valence-corrected chi connectivity index (χ0v) is 17.8. The zero-order valence-electron chi connectivity index (χ0n) is 17.0. The van der Waals surface area contributed by atoms with Crippen molar-refractivity contribution in [1.29, 1.82) is 0 Å². The monoisotopic (exact) mass is 435 g/mol. The number of aromatic nitrogens is 3. The molecule has 9 heteroatoms. The Morgan fingerprint density at radius 2 is 1.90 bits per heavy atom. The summed E-state index contributed by atoms with van der Waals surface area (Å²) in [5.74, 6) is -0.256. The Morgan fingerprint density at radius 1 is 1.10 bits per heavy atom. The fourth-order valence-corrected chi connectivity index (χ4v) is 3.19. The van der Waals surface area contributed by atoms with Gasteiger partial charge in [0.15, 0.2) is 17.1 Å². The van der Waals surface area contributed by atoms with Gasteiger partial charge in [0, 0.05) is 22.9 Å². The SMILES string of the molecule is Cc1ccc(C2=NOC(C)(C)C2=O)cc1-c1cnc(NC(=O)c2ccnc(Cl)c2)cn1. The lowest BCUT2D eigenvalue weighted by Crippen LogP contribution is -2.33. The van der Waals surface area contributed by atoms with Crippen LogP contribution in [0.4, 0.5) is 5.82 Å². The van der Waals surface area contributed by atoms with E-state index in [4.69, 9.17) is 16.4 Å². The van der Waals surface area contributed by atoms with Gasteiger partial charge in [-0.05, 0) is 44.5 Å². The summed E-state index contributed by atoms with van der Waals surface area (Å²) in [6, 6.07) is 8.55. The van der Waals surface area contributed by atoms with Gasteiger partial charge in [-0.15, -0.1) is 0 Å². The summed E-state index contributed by atoms with van der Waals surface area (Å²) in [4.78, 5) is 42.6. The zero-order chi connectivity index (χ0) is 22.2. The fourth-order valence-electron chi connectivity index (χ4n) is 3.02. The first-order valence-corrected chi connectivity index (χ1v) is 9.80. The van der Waals surface area contributed by atoms with E-state index in [1.54, 1.807) is 26.1 Å². The van der Waals surface area contributed by atoms with Crippen molar-refractivity contribution < 1.29 is 14.4 Å². The van der Waals surface area contributed by atoms with Gasteiger partial charge in [-0.25, -0.2) is 9.97 Å². The Kier molecular flexibility index (Phi) is 5.24. The summed E-state index contributed by atoms with van der Waals surface area (Å²) >= 11 is 5.82. The Morgan fingerprint density at radius 3 is 2.55 bits per heavy atom. The van der Waals surface area contributed by atoms with E-state index in [1.165, 1.54) is 18.5 Å². The van der Waals surface area contributed by atoms with Crippen molar-refractivity contribution in [3.8, 4) is 11.3 Å². The van der Waals surface area contributed by atoms with Crippen molar-refractivity contribution in [1.82, 2.24) is 15.0 Å². The lowest BCUT2D eigenvalue weighted by Gasteiger charge is -2.12. The van der Waals surface area contributed by atoms with Crippen LogP contribution in [0.3, 0.4) is 0 Å². The number of nitrogens with one attached hydrogen (secondary N) is 1. The number of nitrogens with zero attached hydrogens (tertiary/aromatic N) is 4. The van der Waals surface area contributed by atoms with Crippen LogP contribution in [-0.4, -0.2) is 38.0 Å². The van der Waals surface area contributed by atoms with Crippen LogP contribution in [-0.2, 0) is 9.63 Å². The van der Waals surface area contributed by atoms with Crippen molar-refractivity contribution in [3.63, 3.8) is 0 Å². The smallest absolute Gasteiger partial charge is 0.257 e. The van der Waals surface area contributed by atoms with E-state index in [-0.39, 0.29) is 22.6 Å². The number of oxime groups is 1. The van der Waals surface area contributed by atoms with Gasteiger partial charge in [-0.1, -0.05) is 28.9 Å². The molecule has 0 radical (unpaired) electrons. The molecule has 0 spiro atoms. The molecule has 0 aliphatic carbocycles. The third-order valence-electron chi connectivity index (χ3n) is 4.80. The third-order valence-corrected chi connectivity index (χ3v) is 5.00. The highest BCUT2D eigenvalue weighted by Crippen LogP contribution is 2.27. The molecule has 0 fully saturated rings. The molecule has 156 valence electrons. The maximum absolute atomic E-state index is 12.5. The number of benzene rings is 1. The number of anilines is 1. The lowest BCUT2D eigenvalue weighted by molar-refractivity contribution is -0.128. The van der Waals surface area contributed by atoms with Crippen LogP contribution in [0.1, 0.15) is 35.3 Å². The van der Waals surface area contributed by atoms with Crippen LogP contribution in [0.15, 0.2) is 54.1 Å². The number of Topliss-reactive ketones (excluding diaryl/α,β-unsaturated/α-hetero) is 1. The molecule has 1 aliphatic heterocycles. The molecule has 3 aromatic rings. The Hall–Kier alpha value is -3.65. The first kappa shape index (κ1) is 20.6. The maximum Gasteiger partial charge on any atom is 0.257 e. The van der Waals surface area contributed by atoms with E-state index >= 15 is 0 Å². The molecule has 4 rings (SSSR count). The van der Waals surface area contributed by atoms with Gasteiger partial charge >= 0.3 is 0 Å². The van der Waals surface area contributed by atoms with Crippen molar-refractivity contribution >= 4 is 34.8 Å². The number of hydrogen-bond donors (Lipinski definition) is 1. The van der Waals surface area contributed by atoms with Gasteiger partial charge in [-0.2, -0.15) is 0 Å². The van der Waals surface area contributed by atoms with Gasteiger partial charge in [0.1, 0.15) is 5.15 Å². The Labute approximate surface area is 183 Å². The second-order valence-electron chi connectivity index (χ2n) is 7.51. The van der Waals surface area contributed by atoms with Crippen LogP contribution in [0, 0.1) is 6.92 Å². The number of ketones is 1. The molecule has 1 aliphatic rings. The van der Waals surface area contributed by atoms with Crippen LogP contribution in [0.2, 0.25) is 5.15 Å². The summed E-state index contributed by atoms with van der Waals surface area (Å²) in [5.41, 5.74) is 2.65. The molecular formula is C22H18ClN5O3. The van der Waals surface area contributed by atoms with Gasteiger partial charge in [0.2, 0.25) is 5.78 Å². The van der Waals surface area contributed by atoms with Crippen molar-refractivity contribution in [2.45, 2.75) is 26.4 Å². The topological polar surface area (TPSA) is 106 Å². The predicted molar refractivity (Wildman–Crippen MR) is 116 cm³/mol. The predicted octanol–water partition coefficient (Wildman–Crippen LogP) is 3.83. The molecule has 3 heterocycles. The summed E-state index contributed by atoms with van der Waals surface area (Å²) in [5, 5.41) is 6.85. The van der Waals surface area contributed by atoms with E-state index in [0.29, 0.717) is 22.6 Å². The Balaban J connectivity index is 1.57. The third kappa shape index (κ3) is 4.15. The second-order valence-corrected chi connectivity index (χ2v) is 7.90. The number of carbonyl (C=O) groups excluding carboxylic acids is 2. The minimum absolute atomic E-state index is 0.178. The highest BCUT2D eigenvalue weighted by Gasteiger charge is 2.40. The van der Waals surface area contributed by atoms with E-state index in [9.17, 15) is 9.59 Å². The molecule has 0 saturated heterocycles. The van der Waals surface area contributed by atoms with E-state index in [2.05, 4.69) is 25.4 Å². The average molecular weight is 436 g/mol. The second kappa shape index (κ2) is 7.88. The number of aryl methyl sites for hydroxylation is 1. The molecule has 8 nitrogen and oxygen atoms in total. The first-order chi connectivity index (χ1) is 14.7. The van der Waals surface area contributed by atoms with Gasteiger partial charge in [0.05, 0.1) is 18.1 Å².